The monoisotopic (exact) mass is 380 g/mol. The molecule has 1 amide bonds. The molecule has 4 aromatic rings. The molecule has 4 rings (SSSR count). The van der Waals surface area contributed by atoms with Crippen molar-refractivity contribution in [1.29, 1.82) is 0 Å². The van der Waals surface area contributed by atoms with Crippen LogP contribution in [0.3, 0.4) is 0 Å². The summed E-state index contributed by atoms with van der Waals surface area (Å²) in [5.74, 6) is -0.165. The minimum Gasteiger partial charge on any atom is -0.467 e. The third-order valence-corrected chi connectivity index (χ3v) is 4.58. The second-order valence-corrected chi connectivity index (χ2v) is 6.63. The molecule has 0 bridgehead atoms. The van der Waals surface area contributed by atoms with Gasteiger partial charge in [0.25, 0.3) is 0 Å². The first-order chi connectivity index (χ1) is 13.5. The van der Waals surface area contributed by atoms with E-state index in [4.69, 9.17) is 8.83 Å². The van der Waals surface area contributed by atoms with Crippen molar-refractivity contribution in [2.45, 2.75) is 26.4 Å². The molecule has 0 saturated carbocycles. The topological polar surface area (TPSA) is 95.2 Å². The fourth-order valence-electron chi connectivity index (χ4n) is 3.32. The molecule has 1 atom stereocenters. The molecular weight excluding hydrogens is 360 g/mol. The number of aromatic nitrogens is 3. The standard InChI is InChI=1S/C20H20N4O4/c1-13-10-14(2)24(22-13)16(17-8-5-9-27-17)11-21-19(25)12-23-15-6-3-4-7-18(15)28-20(23)26/h3-10,16H,11-12H2,1-2H3,(H,21,25). The van der Waals surface area contributed by atoms with Gasteiger partial charge in [0.1, 0.15) is 18.3 Å². The number of carbonyl (C=O) groups is 1. The van der Waals surface area contributed by atoms with Gasteiger partial charge in [-0.3, -0.25) is 14.0 Å². The van der Waals surface area contributed by atoms with E-state index >= 15 is 0 Å². The molecule has 0 spiro atoms. The summed E-state index contributed by atoms with van der Waals surface area (Å²) in [6.07, 6.45) is 1.59. The summed E-state index contributed by atoms with van der Waals surface area (Å²) in [4.78, 5) is 24.6. The van der Waals surface area contributed by atoms with Gasteiger partial charge in [-0.05, 0) is 44.2 Å². The highest BCUT2D eigenvalue weighted by Crippen LogP contribution is 2.20. The van der Waals surface area contributed by atoms with E-state index in [0.29, 0.717) is 16.9 Å². The number of nitrogens with one attached hydrogen (secondary N) is 1. The molecule has 1 aromatic carbocycles. The molecule has 0 aliphatic heterocycles. The highest BCUT2D eigenvalue weighted by molar-refractivity contribution is 5.79. The predicted octanol–water partition coefficient (Wildman–Crippen LogP) is 2.41. The van der Waals surface area contributed by atoms with E-state index in [1.807, 2.05) is 30.7 Å². The number of benzene rings is 1. The summed E-state index contributed by atoms with van der Waals surface area (Å²) in [6, 6.07) is 12.3. The SMILES string of the molecule is Cc1cc(C)n(C(CNC(=O)Cn2c(=O)oc3ccccc32)c2ccco2)n1. The number of furan rings is 1. The van der Waals surface area contributed by atoms with E-state index in [9.17, 15) is 9.59 Å². The maximum absolute atomic E-state index is 12.5. The van der Waals surface area contributed by atoms with E-state index in [2.05, 4.69) is 10.4 Å². The van der Waals surface area contributed by atoms with Crippen LogP contribution in [0.2, 0.25) is 0 Å². The number of aryl methyl sites for hydroxylation is 2. The highest BCUT2D eigenvalue weighted by atomic mass is 16.4. The second-order valence-electron chi connectivity index (χ2n) is 6.63. The molecule has 0 radical (unpaired) electrons. The molecule has 144 valence electrons. The minimum absolute atomic E-state index is 0.127. The number of oxazole rings is 1. The smallest absolute Gasteiger partial charge is 0.420 e. The van der Waals surface area contributed by atoms with Crippen LogP contribution in [-0.4, -0.2) is 26.8 Å². The van der Waals surface area contributed by atoms with Crippen molar-refractivity contribution < 1.29 is 13.6 Å². The molecule has 1 N–H and O–H groups in total. The summed E-state index contributed by atoms with van der Waals surface area (Å²) in [7, 11) is 0. The Morgan fingerprint density at radius 2 is 2.04 bits per heavy atom. The zero-order chi connectivity index (χ0) is 19.7. The Morgan fingerprint density at radius 1 is 1.21 bits per heavy atom. The Hall–Kier alpha value is -3.55. The number of carbonyl (C=O) groups excluding carboxylic acids is 1. The van der Waals surface area contributed by atoms with Gasteiger partial charge in [0.05, 0.1) is 17.5 Å². The van der Waals surface area contributed by atoms with Gasteiger partial charge in [0.2, 0.25) is 5.91 Å². The van der Waals surface area contributed by atoms with Crippen molar-refractivity contribution in [2.75, 3.05) is 6.54 Å². The fraction of sp³-hybridized carbons (Fsp3) is 0.250. The number of para-hydroxylation sites is 2. The van der Waals surface area contributed by atoms with Crippen LogP contribution in [0.1, 0.15) is 23.2 Å². The zero-order valence-electron chi connectivity index (χ0n) is 15.6. The molecule has 0 aliphatic carbocycles. The van der Waals surface area contributed by atoms with Gasteiger partial charge in [-0.25, -0.2) is 4.79 Å². The van der Waals surface area contributed by atoms with Gasteiger partial charge in [0.15, 0.2) is 5.58 Å². The lowest BCUT2D eigenvalue weighted by Gasteiger charge is -2.18. The molecule has 3 aromatic heterocycles. The van der Waals surface area contributed by atoms with E-state index in [0.717, 1.165) is 11.4 Å². The lowest BCUT2D eigenvalue weighted by Crippen LogP contribution is -2.35. The van der Waals surface area contributed by atoms with Crippen molar-refractivity contribution in [2.24, 2.45) is 0 Å². The van der Waals surface area contributed by atoms with Gasteiger partial charge in [-0.1, -0.05) is 12.1 Å². The number of amides is 1. The summed E-state index contributed by atoms with van der Waals surface area (Å²) in [5, 5.41) is 7.39. The van der Waals surface area contributed by atoms with Crippen molar-refractivity contribution in [3.63, 3.8) is 0 Å². The molecular formula is C20H20N4O4. The molecule has 8 heteroatoms. The van der Waals surface area contributed by atoms with E-state index in [-0.39, 0.29) is 25.0 Å². The number of rotatable bonds is 6. The Kier molecular flexibility index (Phi) is 4.60. The van der Waals surface area contributed by atoms with Crippen LogP contribution in [0.5, 0.6) is 0 Å². The second kappa shape index (κ2) is 7.22. The maximum Gasteiger partial charge on any atom is 0.420 e. The minimum atomic E-state index is -0.558. The van der Waals surface area contributed by atoms with E-state index in [1.165, 1.54) is 4.57 Å². The molecule has 0 saturated heterocycles. The van der Waals surface area contributed by atoms with Gasteiger partial charge in [0, 0.05) is 12.2 Å². The zero-order valence-corrected chi connectivity index (χ0v) is 15.6. The number of hydrogen-bond donors (Lipinski definition) is 1. The van der Waals surface area contributed by atoms with Crippen LogP contribution < -0.4 is 11.1 Å². The average Bonchev–Trinajstić information content (AvgIpc) is 3.37. The normalized spacial score (nSPS) is 12.4. The Morgan fingerprint density at radius 3 is 2.75 bits per heavy atom. The number of nitrogens with zero attached hydrogens (tertiary/aromatic N) is 3. The molecule has 0 fully saturated rings. The first-order valence-electron chi connectivity index (χ1n) is 8.94. The Balaban J connectivity index is 1.52. The largest absolute Gasteiger partial charge is 0.467 e. The predicted molar refractivity (Wildman–Crippen MR) is 102 cm³/mol. The van der Waals surface area contributed by atoms with Crippen molar-refractivity contribution in [1.82, 2.24) is 19.7 Å². The van der Waals surface area contributed by atoms with Crippen molar-refractivity contribution in [3.05, 3.63) is 76.4 Å². The lowest BCUT2D eigenvalue weighted by molar-refractivity contribution is -0.121. The van der Waals surface area contributed by atoms with Crippen molar-refractivity contribution >= 4 is 17.0 Å². The third-order valence-electron chi connectivity index (χ3n) is 4.58. The third kappa shape index (κ3) is 3.36. The van der Waals surface area contributed by atoms with Crippen LogP contribution in [0.15, 0.2) is 62.4 Å². The van der Waals surface area contributed by atoms with Crippen LogP contribution in [0, 0.1) is 13.8 Å². The molecule has 1 unspecified atom stereocenters. The van der Waals surface area contributed by atoms with Crippen LogP contribution in [0.25, 0.3) is 11.1 Å². The average molecular weight is 380 g/mol. The lowest BCUT2D eigenvalue weighted by atomic mass is 10.2. The van der Waals surface area contributed by atoms with Gasteiger partial charge in [-0.2, -0.15) is 5.10 Å². The first-order valence-corrected chi connectivity index (χ1v) is 8.94. The van der Waals surface area contributed by atoms with Gasteiger partial charge in [-0.15, -0.1) is 0 Å². The van der Waals surface area contributed by atoms with Gasteiger partial charge < -0.3 is 14.2 Å². The first kappa shape index (κ1) is 17.8. The number of hydrogen-bond acceptors (Lipinski definition) is 5. The summed E-state index contributed by atoms with van der Waals surface area (Å²) in [6.45, 7) is 4.02. The molecule has 8 nitrogen and oxygen atoms in total. The quantitative estimate of drug-likeness (QED) is 0.554. The summed E-state index contributed by atoms with van der Waals surface area (Å²) >= 11 is 0. The Labute approximate surface area is 160 Å². The maximum atomic E-state index is 12.5. The molecule has 0 aliphatic rings. The highest BCUT2D eigenvalue weighted by Gasteiger charge is 2.21. The van der Waals surface area contributed by atoms with Crippen molar-refractivity contribution in [3.8, 4) is 0 Å². The van der Waals surface area contributed by atoms with Crippen LogP contribution in [0.4, 0.5) is 0 Å². The number of fused-ring (bicyclic) bond motifs is 1. The Bertz CT molecular complexity index is 1170. The van der Waals surface area contributed by atoms with E-state index < -0.39 is 5.76 Å². The van der Waals surface area contributed by atoms with E-state index in [1.54, 1.807) is 36.6 Å². The fourth-order valence-corrected chi connectivity index (χ4v) is 3.32. The molecule has 28 heavy (non-hydrogen) atoms. The van der Waals surface area contributed by atoms with Crippen LogP contribution >= 0.6 is 0 Å². The van der Waals surface area contributed by atoms with Crippen LogP contribution in [-0.2, 0) is 11.3 Å². The summed E-state index contributed by atoms with van der Waals surface area (Å²) in [5.41, 5.74) is 2.89. The van der Waals surface area contributed by atoms with Gasteiger partial charge >= 0.3 is 5.76 Å². The summed E-state index contributed by atoms with van der Waals surface area (Å²) < 4.78 is 13.9. The molecule has 3 heterocycles.